The molecule has 1 aliphatic heterocycles. The number of aromatic nitrogens is 4. The topological polar surface area (TPSA) is 63.9 Å². The summed E-state index contributed by atoms with van der Waals surface area (Å²) in [7, 11) is 0. The molecule has 1 atom stereocenters. The third-order valence-corrected chi connectivity index (χ3v) is 5.27. The quantitative estimate of drug-likeness (QED) is 0.703. The van der Waals surface area contributed by atoms with Crippen LogP contribution in [0.1, 0.15) is 39.9 Å². The van der Waals surface area contributed by atoms with Crippen LogP contribution in [0.2, 0.25) is 0 Å². The lowest BCUT2D eigenvalue weighted by Crippen LogP contribution is -2.30. The molecule has 26 heavy (non-hydrogen) atoms. The molecule has 6 nitrogen and oxygen atoms in total. The lowest BCUT2D eigenvalue weighted by molar-refractivity contribution is 0.0729. The zero-order valence-corrected chi connectivity index (χ0v) is 14.5. The van der Waals surface area contributed by atoms with E-state index in [0.717, 1.165) is 17.8 Å². The highest BCUT2D eigenvalue weighted by atomic mass is 32.1. The van der Waals surface area contributed by atoms with Gasteiger partial charge >= 0.3 is 0 Å². The summed E-state index contributed by atoms with van der Waals surface area (Å²) in [6, 6.07) is 3.61. The summed E-state index contributed by atoms with van der Waals surface area (Å²) in [5.74, 6) is -1.56. The number of carbonyl (C=O) groups is 1. The Morgan fingerprint density at radius 3 is 2.85 bits per heavy atom. The summed E-state index contributed by atoms with van der Waals surface area (Å²) in [6.45, 7) is 0.493. The Hall–Kier alpha value is -2.68. The third-order valence-electron chi connectivity index (χ3n) is 4.39. The number of hydrogen-bond acceptors (Lipinski definition) is 5. The monoisotopic (exact) mass is 375 g/mol. The van der Waals surface area contributed by atoms with Gasteiger partial charge in [-0.3, -0.25) is 4.79 Å². The number of halogens is 2. The van der Waals surface area contributed by atoms with Crippen molar-refractivity contribution < 1.29 is 13.6 Å². The number of nitrogens with zero attached hydrogens (tertiary/aromatic N) is 5. The molecule has 0 radical (unpaired) electrons. The van der Waals surface area contributed by atoms with Crippen molar-refractivity contribution in [2.75, 3.05) is 6.54 Å². The van der Waals surface area contributed by atoms with Crippen LogP contribution in [-0.4, -0.2) is 37.3 Å². The number of carbonyl (C=O) groups excluding carboxylic acids is 1. The fourth-order valence-electron chi connectivity index (χ4n) is 3.13. The van der Waals surface area contributed by atoms with Crippen LogP contribution >= 0.6 is 11.3 Å². The normalized spacial score (nSPS) is 17.0. The molecule has 2 aromatic heterocycles. The van der Waals surface area contributed by atoms with Crippen LogP contribution < -0.4 is 0 Å². The van der Waals surface area contributed by atoms with Gasteiger partial charge in [-0.15, -0.1) is 16.4 Å². The standard InChI is InChI=1S/C17H15F2N5OS/c18-12-3-1-4-13(19)11(12)9-23-10-14(21-22-23)17(25)24-7-2-5-15(24)16-20-6-8-26-16/h1,3-4,6,8,10,15H,2,5,7,9H2. The molecule has 1 unspecified atom stereocenters. The molecular formula is C17H15F2N5OS. The number of likely N-dealkylation sites (tertiary alicyclic amines) is 1. The van der Waals surface area contributed by atoms with Crippen LogP contribution in [0.5, 0.6) is 0 Å². The molecule has 1 saturated heterocycles. The van der Waals surface area contributed by atoms with Gasteiger partial charge < -0.3 is 4.90 Å². The molecule has 0 aliphatic carbocycles. The van der Waals surface area contributed by atoms with Crippen molar-refractivity contribution in [1.82, 2.24) is 24.9 Å². The first kappa shape index (κ1) is 16.8. The zero-order valence-electron chi connectivity index (χ0n) is 13.7. The fraction of sp³-hybridized carbons (Fsp3) is 0.294. The van der Waals surface area contributed by atoms with Crippen LogP contribution in [0.4, 0.5) is 8.78 Å². The summed E-state index contributed by atoms with van der Waals surface area (Å²) in [4.78, 5) is 18.8. The van der Waals surface area contributed by atoms with Crippen molar-refractivity contribution in [3.63, 3.8) is 0 Å². The van der Waals surface area contributed by atoms with Crippen LogP contribution in [0.15, 0.2) is 36.0 Å². The number of benzene rings is 1. The molecule has 0 spiro atoms. The maximum Gasteiger partial charge on any atom is 0.276 e. The highest BCUT2D eigenvalue weighted by Crippen LogP contribution is 2.33. The van der Waals surface area contributed by atoms with Crippen molar-refractivity contribution in [3.05, 3.63) is 63.9 Å². The Labute approximate surface area is 152 Å². The molecule has 9 heteroatoms. The van der Waals surface area contributed by atoms with Crippen molar-refractivity contribution in [2.45, 2.75) is 25.4 Å². The smallest absolute Gasteiger partial charge is 0.276 e. The van der Waals surface area contributed by atoms with Gasteiger partial charge in [-0.2, -0.15) is 0 Å². The molecule has 4 rings (SSSR count). The first-order chi connectivity index (χ1) is 12.6. The summed E-state index contributed by atoms with van der Waals surface area (Å²) < 4.78 is 28.8. The van der Waals surface area contributed by atoms with E-state index in [1.165, 1.54) is 40.4 Å². The van der Waals surface area contributed by atoms with Crippen molar-refractivity contribution in [1.29, 1.82) is 0 Å². The maximum atomic E-state index is 13.8. The highest BCUT2D eigenvalue weighted by Gasteiger charge is 2.33. The average molecular weight is 375 g/mol. The van der Waals surface area contributed by atoms with Gasteiger partial charge in [0.15, 0.2) is 5.69 Å². The largest absolute Gasteiger partial charge is 0.328 e. The molecule has 3 aromatic rings. The Bertz CT molecular complexity index is 907. The maximum absolute atomic E-state index is 13.8. The van der Waals surface area contributed by atoms with Gasteiger partial charge in [-0.25, -0.2) is 18.4 Å². The molecule has 1 aliphatic rings. The van der Waals surface area contributed by atoms with Gasteiger partial charge in [-0.1, -0.05) is 11.3 Å². The minimum absolute atomic E-state index is 0.0586. The first-order valence-electron chi connectivity index (χ1n) is 8.17. The fourth-order valence-corrected chi connectivity index (χ4v) is 3.92. The molecule has 134 valence electrons. The second-order valence-corrected chi connectivity index (χ2v) is 6.95. The Morgan fingerprint density at radius 2 is 2.12 bits per heavy atom. The zero-order chi connectivity index (χ0) is 18.1. The summed E-state index contributed by atoms with van der Waals surface area (Å²) in [5.41, 5.74) is 0.0448. The van der Waals surface area contributed by atoms with Gasteiger partial charge in [0, 0.05) is 23.7 Å². The minimum Gasteiger partial charge on any atom is -0.328 e. The van der Waals surface area contributed by atoms with Crippen LogP contribution in [-0.2, 0) is 6.54 Å². The third kappa shape index (κ3) is 3.10. The SMILES string of the molecule is O=C(c1cn(Cc2c(F)cccc2F)nn1)N1CCCC1c1nccs1. The van der Waals surface area contributed by atoms with E-state index in [0.29, 0.717) is 6.54 Å². The van der Waals surface area contributed by atoms with E-state index in [4.69, 9.17) is 0 Å². The van der Waals surface area contributed by atoms with E-state index >= 15 is 0 Å². The first-order valence-corrected chi connectivity index (χ1v) is 9.05. The van der Waals surface area contributed by atoms with Crippen molar-refractivity contribution >= 4 is 17.2 Å². The molecule has 1 fully saturated rings. The van der Waals surface area contributed by atoms with Crippen LogP contribution in [0, 0.1) is 11.6 Å². The average Bonchev–Trinajstić information content (AvgIpc) is 3.38. The van der Waals surface area contributed by atoms with Crippen molar-refractivity contribution in [2.24, 2.45) is 0 Å². The second-order valence-electron chi connectivity index (χ2n) is 6.03. The van der Waals surface area contributed by atoms with E-state index < -0.39 is 11.6 Å². The molecule has 3 heterocycles. The summed E-state index contributed by atoms with van der Waals surface area (Å²) in [5, 5.41) is 10.5. The Morgan fingerprint density at radius 1 is 1.31 bits per heavy atom. The van der Waals surface area contributed by atoms with E-state index in [2.05, 4.69) is 15.3 Å². The lowest BCUT2D eigenvalue weighted by atomic mass is 10.2. The molecule has 1 aromatic carbocycles. The van der Waals surface area contributed by atoms with E-state index in [9.17, 15) is 13.6 Å². The number of rotatable bonds is 4. The summed E-state index contributed by atoms with van der Waals surface area (Å²) >= 11 is 1.52. The molecular weight excluding hydrogens is 360 g/mol. The number of hydrogen-bond donors (Lipinski definition) is 0. The summed E-state index contributed by atoms with van der Waals surface area (Å²) in [6.07, 6.45) is 4.89. The van der Waals surface area contributed by atoms with Crippen LogP contribution in [0.25, 0.3) is 0 Å². The molecule has 0 saturated carbocycles. The van der Waals surface area contributed by atoms with Gasteiger partial charge in [0.25, 0.3) is 5.91 Å². The van der Waals surface area contributed by atoms with Gasteiger partial charge in [0.2, 0.25) is 0 Å². The minimum atomic E-state index is -0.656. The Kier molecular flexibility index (Phi) is 4.46. The van der Waals surface area contributed by atoms with E-state index in [1.807, 2.05) is 5.38 Å². The van der Waals surface area contributed by atoms with E-state index in [-0.39, 0.29) is 29.8 Å². The Balaban J connectivity index is 1.53. The van der Waals surface area contributed by atoms with Crippen LogP contribution in [0.3, 0.4) is 0 Å². The van der Waals surface area contributed by atoms with E-state index in [1.54, 1.807) is 11.1 Å². The predicted octanol–water partition coefficient (Wildman–Crippen LogP) is 3.04. The van der Waals surface area contributed by atoms with Gasteiger partial charge in [0.1, 0.15) is 16.6 Å². The van der Waals surface area contributed by atoms with Gasteiger partial charge in [0.05, 0.1) is 18.8 Å². The molecule has 0 bridgehead atoms. The lowest BCUT2D eigenvalue weighted by Gasteiger charge is -2.21. The highest BCUT2D eigenvalue weighted by molar-refractivity contribution is 7.09. The predicted molar refractivity (Wildman–Crippen MR) is 90.6 cm³/mol. The van der Waals surface area contributed by atoms with Gasteiger partial charge in [-0.05, 0) is 25.0 Å². The second kappa shape index (κ2) is 6.91. The molecule has 1 amide bonds. The molecule has 0 N–H and O–H groups in total. The van der Waals surface area contributed by atoms with Crippen molar-refractivity contribution in [3.8, 4) is 0 Å². The number of amides is 1. The number of thiazole rings is 1.